The van der Waals surface area contributed by atoms with E-state index in [0.717, 1.165) is 70.8 Å². The van der Waals surface area contributed by atoms with Crippen LogP contribution in [0.25, 0.3) is 131 Å². The number of hydrogen-bond acceptors (Lipinski definition) is 5. The van der Waals surface area contributed by atoms with Crippen LogP contribution >= 0.6 is 11.3 Å². The van der Waals surface area contributed by atoms with Crippen molar-refractivity contribution in [3.05, 3.63) is 188 Å². The molecule has 0 radical (unpaired) electrons. The summed E-state index contributed by atoms with van der Waals surface area (Å²) in [7, 11) is 0. The van der Waals surface area contributed by atoms with E-state index in [2.05, 4.69) is 179 Å². The van der Waals surface area contributed by atoms with E-state index in [0.29, 0.717) is 17.6 Å². The van der Waals surface area contributed by atoms with E-state index in [9.17, 15) is 0 Å². The molecule has 0 aliphatic rings. The maximum absolute atomic E-state index is 6.61. The number of para-hydroxylation sites is 5. The third-order valence-corrected chi connectivity index (χ3v) is 13.8. The summed E-state index contributed by atoms with van der Waals surface area (Å²) < 4.78 is 13.6. The number of thiophene rings is 1. The molecule has 0 atom stereocenters. The first kappa shape index (κ1) is 33.7. The van der Waals surface area contributed by atoms with E-state index < -0.39 is 0 Å². The van der Waals surface area contributed by atoms with Crippen LogP contribution in [0.4, 0.5) is 0 Å². The number of fused-ring (bicyclic) bond motifs is 13. The fourth-order valence-corrected chi connectivity index (χ4v) is 11.1. The van der Waals surface area contributed by atoms with Crippen LogP contribution < -0.4 is 0 Å². The van der Waals surface area contributed by atoms with Gasteiger partial charge in [-0.2, -0.15) is 9.97 Å². The monoisotopic (exact) mass is 809 g/mol. The summed E-state index contributed by atoms with van der Waals surface area (Å²) in [6.45, 7) is 0. The predicted octanol–water partition coefficient (Wildman–Crippen LogP) is 14.8. The van der Waals surface area contributed by atoms with Gasteiger partial charge in [0, 0.05) is 58.1 Å². The summed E-state index contributed by atoms with van der Waals surface area (Å²) in [6.07, 6.45) is 0. The molecule has 9 aromatic carbocycles. The smallest absolute Gasteiger partial charge is 0.238 e. The van der Waals surface area contributed by atoms with Gasteiger partial charge in [0.25, 0.3) is 0 Å². The molecule has 5 aromatic heterocycles. The molecule has 0 saturated heterocycles. The second-order valence-electron chi connectivity index (χ2n) is 15.9. The van der Waals surface area contributed by atoms with Gasteiger partial charge in [-0.25, -0.2) is 4.98 Å². The molecule has 0 saturated carbocycles. The Morgan fingerprint density at radius 3 is 1.74 bits per heavy atom. The Hall–Kier alpha value is -8.13. The predicted molar refractivity (Wildman–Crippen MR) is 257 cm³/mol. The minimum absolute atomic E-state index is 0.545. The lowest BCUT2D eigenvalue weighted by Crippen LogP contribution is -2.06. The fraction of sp³-hybridized carbons (Fsp3) is 0. The highest BCUT2D eigenvalue weighted by molar-refractivity contribution is 7.26. The average Bonchev–Trinajstić information content (AvgIpc) is 4.08. The normalized spacial score (nSPS) is 12.2. The van der Waals surface area contributed by atoms with Gasteiger partial charge < -0.3 is 8.98 Å². The number of hydrogen-bond donors (Lipinski definition) is 0. The van der Waals surface area contributed by atoms with Gasteiger partial charge in [0.05, 0.1) is 33.3 Å². The molecule has 0 spiro atoms. The van der Waals surface area contributed by atoms with Gasteiger partial charge in [0.1, 0.15) is 11.2 Å². The van der Waals surface area contributed by atoms with E-state index in [-0.39, 0.29) is 0 Å². The number of furan rings is 1. The Balaban J connectivity index is 1.09. The maximum Gasteiger partial charge on any atom is 0.238 e. The molecule has 0 unspecified atom stereocenters. The standard InChI is InChI=1S/C55H31N5OS/c1-2-15-33-31-47-42(30-32(33)14-1)36-18-5-8-23-43(36)59(47)46-29-28-41(52-50(46)39-20-7-12-27-49(39)62-52)54-56-53(40-22-13-21-38-37-19-6-11-26-48(37)61-51(38)40)57-55(58-54)60-44-24-9-3-16-34(44)35-17-4-10-25-45(35)60/h1-31H. The maximum atomic E-state index is 6.61. The van der Waals surface area contributed by atoms with E-state index >= 15 is 0 Å². The van der Waals surface area contributed by atoms with Gasteiger partial charge >= 0.3 is 0 Å². The summed E-state index contributed by atoms with van der Waals surface area (Å²) >= 11 is 1.78. The summed E-state index contributed by atoms with van der Waals surface area (Å²) in [4.78, 5) is 16.2. The average molecular weight is 810 g/mol. The lowest BCUT2D eigenvalue weighted by molar-refractivity contribution is 0.669. The molecular weight excluding hydrogens is 779 g/mol. The highest BCUT2D eigenvalue weighted by atomic mass is 32.1. The summed E-state index contributed by atoms with van der Waals surface area (Å²) in [5.41, 5.74) is 8.84. The number of aromatic nitrogens is 5. The van der Waals surface area contributed by atoms with Crippen LogP contribution in [-0.4, -0.2) is 24.1 Å². The molecule has 288 valence electrons. The van der Waals surface area contributed by atoms with Crippen molar-refractivity contribution in [2.24, 2.45) is 0 Å². The molecule has 0 bridgehead atoms. The van der Waals surface area contributed by atoms with Gasteiger partial charge in [0.2, 0.25) is 5.95 Å². The SMILES string of the molecule is c1ccc2cc3c(cc2c1)c1ccccc1n3-c1ccc(-c2nc(-c3cccc4c3oc3ccccc34)nc(-n3c4ccccc4c4ccccc43)n2)c2sc3ccccc3c12. The lowest BCUT2D eigenvalue weighted by atomic mass is 10.0. The molecular formula is C55H31N5OS. The van der Waals surface area contributed by atoms with E-state index in [1.54, 1.807) is 11.3 Å². The zero-order chi connectivity index (χ0) is 40.5. The summed E-state index contributed by atoms with van der Waals surface area (Å²) in [5, 5.41) is 11.6. The van der Waals surface area contributed by atoms with Crippen molar-refractivity contribution < 1.29 is 4.42 Å². The molecule has 0 aliphatic carbocycles. The minimum Gasteiger partial charge on any atom is -0.455 e. The van der Waals surface area contributed by atoms with E-state index in [1.165, 1.54) is 42.5 Å². The largest absolute Gasteiger partial charge is 0.455 e. The van der Waals surface area contributed by atoms with Crippen molar-refractivity contribution in [2.75, 3.05) is 0 Å². The zero-order valence-electron chi connectivity index (χ0n) is 33.0. The van der Waals surface area contributed by atoms with Crippen LogP contribution in [0.1, 0.15) is 0 Å². The number of rotatable bonds is 4. The van der Waals surface area contributed by atoms with Gasteiger partial charge in [0.15, 0.2) is 11.6 Å². The molecule has 7 heteroatoms. The van der Waals surface area contributed by atoms with Crippen molar-refractivity contribution >= 4 is 108 Å². The molecule has 5 heterocycles. The summed E-state index contributed by atoms with van der Waals surface area (Å²) in [5.74, 6) is 1.68. The lowest BCUT2D eigenvalue weighted by Gasteiger charge is -2.14. The van der Waals surface area contributed by atoms with Crippen LogP contribution in [0.2, 0.25) is 0 Å². The molecule has 0 fully saturated rings. The van der Waals surface area contributed by atoms with Crippen LogP contribution in [0.3, 0.4) is 0 Å². The fourth-order valence-electron chi connectivity index (χ4n) is 9.85. The van der Waals surface area contributed by atoms with Crippen molar-refractivity contribution in [1.82, 2.24) is 24.1 Å². The van der Waals surface area contributed by atoms with E-state index in [1.807, 2.05) is 18.2 Å². The quantitative estimate of drug-likeness (QED) is 0.178. The van der Waals surface area contributed by atoms with Crippen LogP contribution in [0.15, 0.2) is 192 Å². The van der Waals surface area contributed by atoms with Crippen molar-refractivity contribution in [3.8, 4) is 34.4 Å². The Morgan fingerprint density at radius 1 is 0.403 bits per heavy atom. The number of benzene rings is 9. The summed E-state index contributed by atoms with van der Waals surface area (Å²) in [6, 6.07) is 66.6. The minimum atomic E-state index is 0.545. The molecule has 0 amide bonds. The Morgan fingerprint density at radius 2 is 0.984 bits per heavy atom. The van der Waals surface area contributed by atoms with Gasteiger partial charge in [-0.3, -0.25) is 4.57 Å². The first-order valence-electron chi connectivity index (χ1n) is 20.8. The highest BCUT2D eigenvalue weighted by Gasteiger charge is 2.24. The van der Waals surface area contributed by atoms with Crippen LogP contribution in [0.5, 0.6) is 0 Å². The van der Waals surface area contributed by atoms with Gasteiger partial charge in [-0.15, -0.1) is 11.3 Å². The molecule has 62 heavy (non-hydrogen) atoms. The highest BCUT2D eigenvalue weighted by Crippen LogP contribution is 2.46. The molecule has 14 aromatic rings. The second kappa shape index (κ2) is 12.7. The van der Waals surface area contributed by atoms with Crippen molar-refractivity contribution in [3.63, 3.8) is 0 Å². The molecule has 14 rings (SSSR count). The third kappa shape index (κ3) is 4.71. The first-order chi connectivity index (χ1) is 30.7. The van der Waals surface area contributed by atoms with Gasteiger partial charge in [-0.05, 0) is 71.4 Å². The van der Waals surface area contributed by atoms with E-state index in [4.69, 9.17) is 19.4 Å². The Kier molecular flexibility index (Phi) is 6.89. The van der Waals surface area contributed by atoms with Crippen molar-refractivity contribution in [2.45, 2.75) is 0 Å². The Bertz CT molecular complexity index is 4130. The topological polar surface area (TPSA) is 61.7 Å². The van der Waals surface area contributed by atoms with Crippen LogP contribution in [0, 0.1) is 0 Å². The second-order valence-corrected chi connectivity index (χ2v) is 17.0. The van der Waals surface area contributed by atoms with Crippen LogP contribution in [-0.2, 0) is 0 Å². The third-order valence-electron chi connectivity index (χ3n) is 12.6. The van der Waals surface area contributed by atoms with Gasteiger partial charge in [-0.1, -0.05) is 127 Å². The molecule has 0 aliphatic heterocycles. The zero-order valence-corrected chi connectivity index (χ0v) is 33.8. The first-order valence-corrected chi connectivity index (χ1v) is 21.6. The number of nitrogens with zero attached hydrogens (tertiary/aromatic N) is 5. The Labute approximate surface area is 357 Å². The van der Waals surface area contributed by atoms with Crippen molar-refractivity contribution in [1.29, 1.82) is 0 Å². The molecule has 6 nitrogen and oxygen atoms in total. The molecule has 0 N–H and O–H groups in total.